The highest BCUT2D eigenvalue weighted by molar-refractivity contribution is 5.97. The fraction of sp³-hybridized carbons (Fsp3) is 0.238. The fourth-order valence-electron chi connectivity index (χ4n) is 2.69. The highest BCUT2D eigenvalue weighted by Gasteiger charge is 2.27. The second kappa shape index (κ2) is 9.00. The van der Waals surface area contributed by atoms with E-state index in [0.29, 0.717) is 30.0 Å². The van der Waals surface area contributed by atoms with Crippen LogP contribution in [-0.2, 0) is 19.1 Å². The Hall–Kier alpha value is -3.12. The van der Waals surface area contributed by atoms with Gasteiger partial charge in [0.15, 0.2) is 0 Å². The lowest BCUT2D eigenvalue weighted by Gasteiger charge is -2.21. The number of methoxy groups -OCH3 is 1. The molecule has 27 heavy (non-hydrogen) atoms. The Labute approximate surface area is 157 Å². The first-order valence-corrected chi connectivity index (χ1v) is 8.64. The predicted octanol–water partition coefficient (Wildman–Crippen LogP) is 2.51. The summed E-state index contributed by atoms with van der Waals surface area (Å²) >= 11 is 0. The van der Waals surface area contributed by atoms with Crippen LogP contribution in [0.15, 0.2) is 60.2 Å². The molecule has 1 aliphatic heterocycles. The zero-order valence-corrected chi connectivity index (χ0v) is 15.0. The van der Waals surface area contributed by atoms with E-state index in [2.05, 4.69) is 5.32 Å². The number of carbonyl (C=O) groups is 2. The van der Waals surface area contributed by atoms with Crippen molar-refractivity contribution < 1.29 is 23.8 Å². The Morgan fingerprint density at radius 3 is 2.63 bits per heavy atom. The minimum absolute atomic E-state index is 0.0999. The van der Waals surface area contributed by atoms with Crippen molar-refractivity contribution in [3.8, 4) is 5.75 Å². The molecular formula is C21H21NO5. The molecule has 1 N–H and O–H groups in total. The molecule has 2 aromatic carbocycles. The molecule has 0 fully saturated rings. The van der Waals surface area contributed by atoms with Crippen LogP contribution in [0.3, 0.4) is 0 Å². The van der Waals surface area contributed by atoms with Gasteiger partial charge in [-0.15, -0.1) is 0 Å². The number of ether oxygens (including phenoxy) is 3. The zero-order chi connectivity index (χ0) is 19.1. The summed E-state index contributed by atoms with van der Waals surface area (Å²) in [5, 5.41) is 2.71. The van der Waals surface area contributed by atoms with Crippen molar-refractivity contribution in [2.75, 3.05) is 26.9 Å². The first kappa shape index (κ1) is 18.7. The molecule has 1 aliphatic rings. The molecule has 6 heteroatoms. The smallest absolute Gasteiger partial charge is 0.338 e. The van der Waals surface area contributed by atoms with Crippen molar-refractivity contribution in [2.24, 2.45) is 0 Å². The molecule has 3 rings (SSSR count). The first-order valence-electron chi connectivity index (χ1n) is 8.64. The number of amides is 1. The lowest BCUT2D eigenvalue weighted by Crippen LogP contribution is -2.34. The van der Waals surface area contributed by atoms with Crippen molar-refractivity contribution in [1.82, 2.24) is 5.32 Å². The molecule has 0 aliphatic carbocycles. The van der Waals surface area contributed by atoms with E-state index in [1.807, 2.05) is 30.3 Å². The summed E-state index contributed by atoms with van der Waals surface area (Å²) in [6.07, 6.45) is 0.681. The summed E-state index contributed by atoms with van der Waals surface area (Å²) in [5.41, 5.74) is 1.76. The summed E-state index contributed by atoms with van der Waals surface area (Å²) in [6, 6.07) is 16.3. The lowest BCUT2D eigenvalue weighted by atomic mass is 10.1. The van der Waals surface area contributed by atoms with Crippen molar-refractivity contribution in [1.29, 1.82) is 0 Å². The third-order valence-corrected chi connectivity index (χ3v) is 4.06. The Kier molecular flexibility index (Phi) is 6.22. The van der Waals surface area contributed by atoms with Gasteiger partial charge in [0, 0.05) is 24.8 Å². The number of carbonyl (C=O) groups excluding carboxylic acids is 2. The lowest BCUT2D eigenvalue weighted by molar-refractivity contribution is -0.153. The van der Waals surface area contributed by atoms with E-state index in [9.17, 15) is 9.59 Å². The molecule has 0 bridgehead atoms. The van der Waals surface area contributed by atoms with E-state index < -0.39 is 18.0 Å². The van der Waals surface area contributed by atoms with Gasteiger partial charge in [-0.2, -0.15) is 0 Å². The van der Waals surface area contributed by atoms with Crippen LogP contribution in [0.5, 0.6) is 5.75 Å². The van der Waals surface area contributed by atoms with Gasteiger partial charge in [0.25, 0.3) is 5.91 Å². The molecule has 1 unspecified atom stereocenters. The minimum Gasteiger partial charge on any atom is -0.488 e. The Morgan fingerprint density at radius 1 is 1.11 bits per heavy atom. The van der Waals surface area contributed by atoms with Crippen molar-refractivity contribution in [2.45, 2.75) is 6.10 Å². The maximum atomic E-state index is 12.7. The number of hydrogen-bond acceptors (Lipinski definition) is 5. The van der Waals surface area contributed by atoms with Crippen molar-refractivity contribution in [3.05, 3.63) is 71.3 Å². The maximum Gasteiger partial charge on any atom is 0.338 e. The van der Waals surface area contributed by atoms with Gasteiger partial charge in [-0.1, -0.05) is 48.5 Å². The van der Waals surface area contributed by atoms with Crippen LogP contribution in [0, 0.1) is 0 Å². The van der Waals surface area contributed by atoms with E-state index >= 15 is 0 Å². The molecule has 1 heterocycles. The van der Waals surface area contributed by atoms with Gasteiger partial charge in [-0.05, 0) is 12.1 Å². The topological polar surface area (TPSA) is 73.9 Å². The third-order valence-electron chi connectivity index (χ3n) is 4.06. The van der Waals surface area contributed by atoms with Crippen LogP contribution in [0.4, 0.5) is 0 Å². The monoisotopic (exact) mass is 367 g/mol. The number of benzene rings is 2. The molecule has 1 amide bonds. The number of hydrogen-bond donors (Lipinski definition) is 1. The maximum absolute atomic E-state index is 12.7. The van der Waals surface area contributed by atoms with Gasteiger partial charge < -0.3 is 19.5 Å². The Bertz CT molecular complexity index is 831. The van der Waals surface area contributed by atoms with Crippen LogP contribution < -0.4 is 10.1 Å². The summed E-state index contributed by atoms with van der Waals surface area (Å²) < 4.78 is 16.1. The second-order valence-electron chi connectivity index (χ2n) is 5.98. The van der Waals surface area contributed by atoms with Gasteiger partial charge in [-0.25, -0.2) is 4.79 Å². The van der Waals surface area contributed by atoms with E-state index in [1.54, 1.807) is 37.5 Å². The predicted molar refractivity (Wildman–Crippen MR) is 100 cm³/mol. The number of rotatable bonds is 7. The molecule has 140 valence electrons. The molecule has 2 aromatic rings. The number of nitrogens with one attached hydrogen (secondary N) is 1. The quantitative estimate of drug-likeness (QED) is 0.601. The van der Waals surface area contributed by atoms with Crippen molar-refractivity contribution in [3.63, 3.8) is 0 Å². The zero-order valence-electron chi connectivity index (χ0n) is 15.0. The molecule has 0 saturated carbocycles. The number of para-hydroxylation sites is 1. The molecular weight excluding hydrogens is 346 g/mol. The number of esters is 1. The average Bonchev–Trinajstić information content (AvgIpc) is 2.72. The summed E-state index contributed by atoms with van der Waals surface area (Å²) in [4.78, 5) is 25.2. The first-order chi connectivity index (χ1) is 13.2. The molecule has 0 radical (unpaired) electrons. The largest absolute Gasteiger partial charge is 0.488 e. The van der Waals surface area contributed by atoms with Crippen LogP contribution in [0.1, 0.15) is 17.2 Å². The van der Waals surface area contributed by atoms with E-state index in [-0.39, 0.29) is 6.61 Å². The molecule has 0 saturated heterocycles. The van der Waals surface area contributed by atoms with Crippen LogP contribution >= 0.6 is 0 Å². The van der Waals surface area contributed by atoms with Crippen molar-refractivity contribution >= 4 is 18.0 Å². The number of fused-ring (bicyclic) bond motifs is 1. The van der Waals surface area contributed by atoms with Gasteiger partial charge in [0.05, 0.1) is 12.2 Å². The van der Waals surface area contributed by atoms with Gasteiger partial charge in [-0.3, -0.25) is 4.79 Å². The van der Waals surface area contributed by atoms with E-state index in [1.165, 1.54) is 0 Å². The summed E-state index contributed by atoms with van der Waals surface area (Å²) in [5.74, 6) is -0.268. The highest BCUT2D eigenvalue weighted by atomic mass is 16.6. The normalized spacial score (nSPS) is 13.6. The Morgan fingerprint density at radius 2 is 1.85 bits per heavy atom. The second-order valence-corrected chi connectivity index (χ2v) is 5.98. The van der Waals surface area contributed by atoms with Gasteiger partial charge in [0.1, 0.15) is 12.4 Å². The molecule has 6 nitrogen and oxygen atoms in total. The van der Waals surface area contributed by atoms with Crippen LogP contribution in [0.2, 0.25) is 0 Å². The SMILES string of the molecule is COCCNC(=O)C(OC(=O)C1=Cc2ccccc2OC1)c1ccccc1. The average molecular weight is 367 g/mol. The molecule has 0 aromatic heterocycles. The highest BCUT2D eigenvalue weighted by Crippen LogP contribution is 2.27. The summed E-state index contributed by atoms with van der Waals surface area (Å²) in [6.45, 7) is 0.801. The molecule has 1 atom stereocenters. The van der Waals surface area contributed by atoms with Gasteiger partial charge >= 0.3 is 5.97 Å². The minimum atomic E-state index is -1.05. The van der Waals surface area contributed by atoms with Crippen LogP contribution in [-0.4, -0.2) is 38.7 Å². The summed E-state index contributed by atoms with van der Waals surface area (Å²) in [7, 11) is 1.55. The van der Waals surface area contributed by atoms with Gasteiger partial charge in [0.2, 0.25) is 6.10 Å². The molecule has 0 spiro atoms. The fourth-order valence-corrected chi connectivity index (χ4v) is 2.69. The third kappa shape index (κ3) is 4.74. The standard InChI is InChI=1S/C21H21NO5/c1-25-12-11-22-20(23)19(15-7-3-2-4-8-15)27-21(24)17-13-16-9-5-6-10-18(16)26-14-17/h2-10,13,19H,11-12,14H2,1H3,(H,22,23). The van der Waals surface area contributed by atoms with E-state index in [4.69, 9.17) is 14.2 Å². The van der Waals surface area contributed by atoms with Crippen LogP contribution in [0.25, 0.3) is 6.08 Å². The Balaban J connectivity index is 1.77. The van der Waals surface area contributed by atoms with E-state index in [0.717, 1.165) is 5.56 Å².